The molecule has 198 valence electrons. The van der Waals surface area contributed by atoms with Crippen LogP contribution in [0.15, 0.2) is 89.1 Å². The number of rotatable bonds is 11. The number of carbonyl (C=O) groups excluding carboxylic acids is 1. The lowest BCUT2D eigenvalue weighted by Crippen LogP contribution is -2.46. The van der Waals surface area contributed by atoms with Gasteiger partial charge in [0.2, 0.25) is 0 Å². The number of nitrogens with zero attached hydrogens (tertiary/aromatic N) is 2. The molecule has 4 nitrogen and oxygen atoms in total. The molecule has 0 spiro atoms. The van der Waals surface area contributed by atoms with Gasteiger partial charge in [-0.1, -0.05) is 62.2 Å². The molecule has 5 rings (SSSR count). The SMILES string of the molecule is CCCCCc1ccc(C(=O)N(Cc2ccc(-c3cccs3)cc2)C2CCN(Cc3ccoc3)CC2)cc1. The molecule has 1 fully saturated rings. The van der Waals surface area contributed by atoms with E-state index in [1.54, 1.807) is 17.6 Å². The molecule has 0 bridgehead atoms. The summed E-state index contributed by atoms with van der Waals surface area (Å²) in [6.07, 6.45) is 10.3. The van der Waals surface area contributed by atoms with Crippen LogP contribution in [0.4, 0.5) is 0 Å². The Bertz CT molecular complexity index is 1240. The lowest BCUT2D eigenvalue weighted by molar-refractivity contribution is 0.0542. The van der Waals surface area contributed by atoms with Gasteiger partial charge in [0.15, 0.2) is 0 Å². The van der Waals surface area contributed by atoms with E-state index in [1.165, 1.54) is 46.4 Å². The van der Waals surface area contributed by atoms with E-state index in [2.05, 4.69) is 70.6 Å². The van der Waals surface area contributed by atoms with Gasteiger partial charge in [-0.3, -0.25) is 9.69 Å². The topological polar surface area (TPSA) is 36.7 Å². The van der Waals surface area contributed by atoms with Crippen molar-refractivity contribution in [2.24, 2.45) is 0 Å². The van der Waals surface area contributed by atoms with Crippen molar-refractivity contribution in [2.75, 3.05) is 13.1 Å². The largest absolute Gasteiger partial charge is 0.472 e. The number of aryl methyl sites for hydroxylation is 1. The second-order valence-electron chi connectivity index (χ2n) is 10.4. The molecule has 1 amide bonds. The average Bonchev–Trinajstić information content (AvgIpc) is 3.68. The monoisotopic (exact) mass is 526 g/mol. The van der Waals surface area contributed by atoms with E-state index in [9.17, 15) is 4.79 Å². The van der Waals surface area contributed by atoms with Crippen LogP contribution in [0.25, 0.3) is 10.4 Å². The molecular formula is C33H38N2O2S. The van der Waals surface area contributed by atoms with E-state index in [-0.39, 0.29) is 11.9 Å². The Morgan fingerprint density at radius 3 is 2.37 bits per heavy atom. The normalized spacial score (nSPS) is 14.6. The van der Waals surface area contributed by atoms with Crippen molar-refractivity contribution in [3.8, 4) is 10.4 Å². The lowest BCUT2D eigenvalue weighted by atomic mass is 9.99. The molecular weight excluding hydrogens is 488 g/mol. The zero-order valence-electron chi connectivity index (χ0n) is 22.4. The van der Waals surface area contributed by atoms with Gasteiger partial charge in [-0.25, -0.2) is 0 Å². The van der Waals surface area contributed by atoms with Gasteiger partial charge in [-0.05, 0) is 72.0 Å². The van der Waals surface area contributed by atoms with Crippen LogP contribution in [0.2, 0.25) is 0 Å². The fourth-order valence-corrected chi connectivity index (χ4v) is 6.10. The predicted octanol–water partition coefficient (Wildman–Crippen LogP) is 8.05. The summed E-state index contributed by atoms with van der Waals surface area (Å²) in [5.74, 6) is 0.140. The maximum Gasteiger partial charge on any atom is 0.254 e. The highest BCUT2D eigenvalue weighted by Gasteiger charge is 2.29. The second-order valence-corrected chi connectivity index (χ2v) is 11.3. The van der Waals surface area contributed by atoms with Crippen molar-refractivity contribution < 1.29 is 9.21 Å². The molecule has 0 aliphatic carbocycles. The molecule has 2 aromatic carbocycles. The summed E-state index contributed by atoms with van der Waals surface area (Å²) in [6, 6.07) is 23.6. The third-order valence-corrected chi connectivity index (χ3v) is 8.55. The number of piperidine rings is 1. The second kappa shape index (κ2) is 13.1. The first-order valence-corrected chi connectivity index (χ1v) is 14.8. The van der Waals surface area contributed by atoms with Crippen LogP contribution in [-0.4, -0.2) is 34.8 Å². The minimum Gasteiger partial charge on any atom is -0.472 e. The first-order chi connectivity index (χ1) is 18.7. The van der Waals surface area contributed by atoms with Crippen molar-refractivity contribution in [1.82, 2.24) is 9.80 Å². The highest BCUT2D eigenvalue weighted by molar-refractivity contribution is 7.13. The first-order valence-electron chi connectivity index (χ1n) is 14.0. The van der Waals surface area contributed by atoms with Crippen molar-refractivity contribution >= 4 is 17.2 Å². The summed E-state index contributed by atoms with van der Waals surface area (Å²) in [7, 11) is 0. The number of furan rings is 1. The molecule has 3 heterocycles. The Labute approximate surface area is 230 Å². The summed E-state index contributed by atoms with van der Waals surface area (Å²) in [5.41, 5.74) is 5.73. The number of likely N-dealkylation sites (tertiary alicyclic amines) is 1. The smallest absolute Gasteiger partial charge is 0.254 e. The lowest BCUT2D eigenvalue weighted by Gasteiger charge is -2.38. The highest BCUT2D eigenvalue weighted by Crippen LogP contribution is 2.27. The summed E-state index contributed by atoms with van der Waals surface area (Å²) in [5, 5.41) is 2.11. The third-order valence-electron chi connectivity index (χ3n) is 7.63. The van der Waals surface area contributed by atoms with Crippen LogP contribution in [0.1, 0.15) is 66.1 Å². The summed E-state index contributed by atoms with van der Waals surface area (Å²) in [6.45, 7) is 5.73. The molecule has 38 heavy (non-hydrogen) atoms. The maximum atomic E-state index is 13.9. The highest BCUT2D eigenvalue weighted by atomic mass is 32.1. The van der Waals surface area contributed by atoms with Crippen LogP contribution in [0.5, 0.6) is 0 Å². The van der Waals surface area contributed by atoms with E-state index in [4.69, 9.17) is 4.42 Å². The van der Waals surface area contributed by atoms with Gasteiger partial charge < -0.3 is 9.32 Å². The quantitative estimate of drug-likeness (QED) is 0.186. The van der Waals surface area contributed by atoms with Gasteiger partial charge in [-0.2, -0.15) is 0 Å². The molecule has 0 unspecified atom stereocenters. The molecule has 5 heteroatoms. The number of hydrogen-bond acceptors (Lipinski definition) is 4. The molecule has 0 radical (unpaired) electrons. The summed E-state index contributed by atoms with van der Waals surface area (Å²) >= 11 is 1.75. The molecule has 1 saturated heterocycles. The minimum absolute atomic E-state index is 0.140. The van der Waals surface area contributed by atoms with Gasteiger partial charge in [0, 0.05) is 48.2 Å². The van der Waals surface area contributed by atoms with E-state index >= 15 is 0 Å². The fourth-order valence-electron chi connectivity index (χ4n) is 5.37. The Balaban J connectivity index is 1.30. The molecule has 2 aromatic heterocycles. The molecule has 0 N–H and O–H groups in total. The van der Waals surface area contributed by atoms with Gasteiger partial charge in [0.25, 0.3) is 5.91 Å². The van der Waals surface area contributed by atoms with Crippen molar-refractivity contribution in [2.45, 2.75) is 64.6 Å². The first kappa shape index (κ1) is 26.5. The number of unbranched alkanes of at least 4 members (excludes halogenated alkanes) is 2. The van der Waals surface area contributed by atoms with Gasteiger partial charge in [0.1, 0.15) is 0 Å². The number of hydrogen-bond donors (Lipinski definition) is 0. The van der Waals surface area contributed by atoms with Crippen LogP contribution in [0, 0.1) is 0 Å². The van der Waals surface area contributed by atoms with Crippen molar-refractivity contribution in [3.63, 3.8) is 0 Å². The maximum absolute atomic E-state index is 13.9. The number of thiophene rings is 1. The summed E-state index contributed by atoms with van der Waals surface area (Å²) < 4.78 is 5.25. The predicted molar refractivity (Wildman–Crippen MR) is 156 cm³/mol. The van der Waals surface area contributed by atoms with Crippen LogP contribution >= 0.6 is 11.3 Å². The van der Waals surface area contributed by atoms with E-state index in [1.807, 2.05) is 24.5 Å². The molecule has 0 saturated carbocycles. The van der Waals surface area contributed by atoms with Crippen molar-refractivity contribution in [1.29, 1.82) is 0 Å². The average molecular weight is 527 g/mol. The van der Waals surface area contributed by atoms with Crippen LogP contribution in [-0.2, 0) is 19.5 Å². The Morgan fingerprint density at radius 2 is 1.71 bits per heavy atom. The van der Waals surface area contributed by atoms with E-state index in [0.29, 0.717) is 6.54 Å². The van der Waals surface area contributed by atoms with Gasteiger partial charge in [-0.15, -0.1) is 11.3 Å². The molecule has 0 atom stereocenters. The Kier molecular flexibility index (Phi) is 9.11. The van der Waals surface area contributed by atoms with Crippen molar-refractivity contribution in [3.05, 3.63) is 107 Å². The Hall–Kier alpha value is -3.15. The van der Waals surface area contributed by atoms with Crippen LogP contribution in [0.3, 0.4) is 0 Å². The van der Waals surface area contributed by atoms with E-state index in [0.717, 1.165) is 44.5 Å². The zero-order chi connectivity index (χ0) is 26.2. The number of amides is 1. The number of benzene rings is 2. The minimum atomic E-state index is 0.140. The summed E-state index contributed by atoms with van der Waals surface area (Å²) in [4.78, 5) is 19.8. The third kappa shape index (κ3) is 6.83. The van der Waals surface area contributed by atoms with E-state index < -0.39 is 0 Å². The number of carbonyl (C=O) groups is 1. The van der Waals surface area contributed by atoms with Crippen LogP contribution < -0.4 is 0 Å². The van der Waals surface area contributed by atoms with Gasteiger partial charge in [0.05, 0.1) is 12.5 Å². The molecule has 4 aromatic rings. The standard InChI is InChI=1S/C33H38N2O2S/c1-2-3-4-6-26-8-14-30(15-9-26)33(36)35(24-27-10-12-29(13-11-27)32-7-5-22-38-32)31-16-19-34(20-17-31)23-28-18-21-37-25-28/h5,7-15,18,21-22,25,31H,2-4,6,16-17,19-20,23-24H2,1H3. The zero-order valence-corrected chi connectivity index (χ0v) is 23.2. The van der Waals surface area contributed by atoms with Gasteiger partial charge >= 0.3 is 0 Å². The molecule has 1 aliphatic heterocycles. The molecule has 1 aliphatic rings. The fraction of sp³-hybridized carbons (Fsp3) is 0.364. The Morgan fingerprint density at radius 1 is 0.947 bits per heavy atom.